The first-order valence-corrected chi connectivity index (χ1v) is 7.00. The van der Waals surface area contributed by atoms with Crippen molar-refractivity contribution in [3.8, 4) is 0 Å². The molecule has 0 aromatic heterocycles. The molecule has 20 heavy (non-hydrogen) atoms. The number of rotatable bonds is 4. The molecule has 0 atom stereocenters. The fourth-order valence-corrected chi connectivity index (χ4v) is 2.26. The second-order valence-electron chi connectivity index (χ2n) is 4.75. The van der Waals surface area contributed by atoms with Crippen molar-refractivity contribution in [2.24, 2.45) is 0 Å². The first-order valence-electron chi connectivity index (χ1n) is 6.21. The first kappa shape index (κ1) is 15.2. The molecule has 1 aliphatic carbocycles. The van der Waals surface area contributed by atoms with E-state index >= 15 is 0 Å². The van der Waals surface area contributed by atoms with Gasteiger partial charge in [0.1, 0.15) is 0 Å². The number of anilines is 1. The van der Waals surface area contributed by atoms with Crippen molar-refractivity contribution in [1.82, 2.24) is 5.32 Å². The molecule has 0 heterocycles. The molecule has 2 amide bonds. The SMILES string of the molecule is Cc1cc(NC(=O)NC2CC(OC(F)F)C2)ccc1Br. The summed E-state index contributed by atoms with van der Waals surface area (Å²) < 4.78 is 29.2. The number of amides is 2. The third kappa shape index (κ3) is 4.14. The standard InChI is InChI=1S/C13H15BrF2N2O2/c1-7-4-8(2-3-11(7)14)17-13(19)18-9-5-10(6-9)20-12(15)16/h2-4,9-10,12H,5-6H2,1H3,(H2,17,18,19). The van der Waals surface area contributed by atoms with Crippen LogP contribution < -0.4 is 10.6 Å². The van der Waals surface area contributed by atoms with Gasteiger partial charge in [-0.25, -0.2) is 4.79 Å². The van der Waals surface area contributed by atoms with Gasteiger partial charge in [-0.2, -0.15) is 8.78 Å². The van der Waals surface area contributed by atoms with Crippen LogP contribution in [-0.2, 0) is 4.74 Å². The molecule has 1 aromatic carbocycles. The van der Waals surface area contributed by atoms with E-state index in [1.807, 2.05) is 19.1 Å². The first-order chi connectivity index (χ1) is 9.44. The Morgan fingerprint density at radius 2 is 2.15 bits per heavy atom. The van der Waals surface area contributed by atoms with Crippen molar-refractivity contribution >= 4 is 27.6 Å². The molecule has 7 heteroatoms. The summed E-state index contributed by atoms with van der Waals surface area (Å²) in [5, 5.41) is 5.42. The lowest BCUT2D eigenvalue weighted by atomic mass is 9.89. The van der Waals surface area contributed by atoms with E-state index in [1.54, 1.807) is 6.07 Å². The fourth-order valence-electron chi connectivity index (χ4n) is 2.02. The number of hydrogen-bond acceptors (Lipinski definition) is 2. The molecule has 4 nitrogen and oxygen atoms in total. The number of halogens is 3. The summed E-state index contributed by atoms with van der Waals surface area (Å²) in [5.74, 6) is 0. The van der Waals surface area contributed by atoms with E-state index in [2.05, 4.69) is 31.3 Å². The molecule has 0 unspecified atom stereocenters. The summed E-state index contributed by atoms with van der Waals surface area (Å²) >= 11 is 3.38. The molecule has 1 aromatic rings. The number of nitrogens with one attached hydrogen (secondary N) is 2. The van der Waals surface area contributed by atoms with Gasteiger partial charge in [-0.15, -0.1) is 0 Å². The number of carbonyl (C=O) groups is 1. The number of benzene rings is 1. The highest BCUT2D eigenvalue weighted by Crippen LogP contribution is 2.25. The van der Waals surface area contributed by atoms with Crippen LogP contribution in [0.15, 0.2) is 22.7 Å². The molecule has 0 bridgehead atoms. The minimum Gasteiger partial charge on any atom is -0.335 e. The summed E-state index contributed by atoms with van der Waals surface area (Å²) in [4.78, 5) is 11.7. The van der Waals surface area contributed by atoms with Gasteiger partial charge in [0.2, 0.25) is 0 Å². The maximum atomic E-state index is 11.9. The number of alkyl halides is 2. The molecule has 0 saturated heterocycles. The van der Waals surface area contributed by atoms with Crippen LogP contribution in [0.3, 0.4) is 0 Å². The van der Waals surface area contributed by atoms with Crippen LogP contribution in [0.25, 0.3) is 0 Å². The predicted molar refractivity (Wildman–Crippen MR) is 74.9 cm³/mol. The highest BCUT2D eigenvalue weighted by atomic mass is 79.9. The van der Waals surface area contributed by atoms with Crippen molar-refractivity contribution in [3.05, 3.63) is 28.2 Å². The normalized spacial score (nSPS) is 21.4. The molecular formula is C13H15BrF2N2O2. The summed E-state index contributed by atoms with van der Waals surface area (Å²) in [7, 11) is 0. The molecule has 1 saturated carbocycles. The van der Waals surface area contributed by atoms with E-state index in [4.69, 9.17) is 0 Å². The molecule has 0 radical (unpaired) electrons. The summed E-state index contributed by atoms with van der Waals surface area (Å²) in [6.07, 6.45) is 0.365. The minimum atomic E-state index is -2.75. The summed E-state index contributed by atoms with van der Waals surface area (Å²) in [6, 6.07) is 5.01. The van der Waals surface area contributed by atoms with E-state index in [1.165, 1.54) is 0 Å². The maximum absolute atomic E-state index is 11.9. The molecule has 110 valence electrons. The Balaban J connectivity index is 1.75. The molecule has 0 aliphatic heterocycles. The molecule has 2 rings (SSSR count). The average molecular weight is 349 g/mol. The van der Waals surface area contributed by atoms with Crippen molar-refractivity contribution in [1.29, 1.82) is 0 Å². The van der Waals surface area contributed by atoms with Crippen LogP contribution in [0.5, 0.6) is 0 Å². The van der Waals surface area contributed by atoms with E-state index in [9.17, 15) is 13.6 Å². The Morgan fingerprint density at radius 1 is 1.45 bits per heavy atom. The average Bonchev–Trinajstić information content (AvgIpc) is 2.30. The lowest BCUT2D eigenvalue weighted by molar-refractivity contribution is -0.184. The van der Waals surface area contributed by atoms with Crippen LogP contribution >= 0.6 is 15.9 Å². The zero-order valence-electron chi connectivity index (χ0n) is 10.8. The Labute approximate surface area is 124 Å². The van der Waals surface area contributed by atoms with Gasteiger partial charge in [-0.05, 0) is 43.5 Å². The highest BCUT2D eigenvalue weighted by Gasteiger charge is 2.33. The molecule has 2 N–H and O–H groups in total. The zero-order chi connectivity index (χ0) is 14.7. The number of urea groups is 1. The molecular weight excluding hydrogens is 334 g/mol. The Bertz CT molecular complexity index is 493. The van der Waals surface area contributed by atoms with Crippen LogP contribution in [0.2, 0.25) is 0 Å². The van der Waals surface area contributed by atoms with Gasteiger partial charge >= 0.3 is 12.6 Å². The van der Waals surface area contributed by atoms with E-state index in [0.717, 1.165) is 10.0 Å². The third-order valence-corrected chi connectivity index (χ3v) is 4.03. The van der Waals surface area contributed by atoms with Crippen LogP contribution in [0, 0.1) is 6.92 Å². The van der Waals surface area contributed by atoms with Gasteiger partial charge in [-0.1, -0.05) is 15.9 Å². The van der Waals surface area contributed by atoms with E-state index in [0.29, 0.717) is 18.5 Å². The van der Waals surface area contributed by atoms with Crippen molar-refractivity contribution in [3.63, 3.8) is 0 Å². The van der Waals surface area contributed by atoms with Gasteiger partial charge < -0.3 is 15.4 Å². The molecule has 1 fully saturated rings. The zero-order valence-corrected chi connectivity index (χ0v) is 12.4. The summed E-state index contributed by atoms with van der Waals surface area (Å²) in [6.45, 7) is -0.828. The van der Waals surface area contributed by atoms with Gasteiger partial charge in [0, 0.05) is 16.2 Å². The number of aryl methyl sites for hydroxylation is 1. The maximum Gasteiger partial charge on any atom is 0.345 e. The van der Waals surface area contributed by atoms with Crippen LogP contribution in [0.4, 0.5) is 19.3 Å². The topological polar surface area (TPSA) is 50.4 Å². The molecule has 0 spiro atoms. The number of ether oxygens (including phenoxy) is 1. The Morgan fingerprint density at radius 3 is 2.75 bits per heavy atom. The van der Waals surface area contributed by atoms with Crippen molar-refractivity contribution < 1.29 is 18.3 Å². The second-order valence-corrected chi connectivity index (χ2v) is 5.60. The number of carbonyl (C=O) groups excluding carboxylic acids is 1. The monoisotopic (exact) mass is 348 g/mol. The van der Waals surface area contributed by atoms with Crippen LogP contribution in [-0.4, -0.2) is 24.8 Å². The van der Waals surface area contributed by atoms with Crippen molar-refractivity contribution in [2.45, 2.75) is 38.5 Å². The van der Waals surface area contributed by atoms with E-state index in [-0.39, 0.29) is 12.1 Å². The quantitative estimate of drug-likeness (QED) is 0.872. The fraction of sp³-hybridized carbons (Fsp3) is 0.462. The largest absolute Gasteiger partial charge is 0.345 e. The van der Waals surface area contributed by atoms with Crippen LogP contribution in [0.1, 0.15) is 18.4 Å². The lowest BCUT2D eigenvalue weighted by Crippen LogP contribution is -2.49. The number of hydrogen-bond donors (Lipinski definition) is 2. The van der Waals surface area contributed by atoms with Gasteiger partial charge in [0.05, 0.1) is 6.10 Å². The third-order valence-electron chi connectivity index (χ3n) is 3.14. The summed E-state index contributed by atoms with van der Waals surface area (Å²) in [5.41, 5.74) is 1.69. The van der Waals surface area contributed by atoms with Gasteiger partial charge in [0.25, 0.3) is 0 Å². The Kier molecular flexibility index (Phi) is 4.93. The second kappa shape index (κ2) is 6.49. The van der Waals surface area contributed by atoms with E-state index < -0.39 is 12.7 Å². The smallest absolute Gasteiger partial charge is 0.335 e. The highest BCUT2D eigenvalue weighted by molar-refractivity contribution is 9.10. The van der Waals surface area contributed by atoms with Gasteiger partial charge in [0.15, 0.2) is 0 Å². The molecule has 1 aliphatic rings. The van der Waals surface area contributed by atoms with Gasteiger partial charge in [-0.3, -0.25) is 0 Å². The Hall–Kier alpha value is -1.21. The predicted octanol–water partition coefficient (Wildman–Crippen LogP) is 3.65. The lowest BCUT2D eigenvalue weighted by Gasteiger charge is -2.35. The minimum absolute atomic E-state index is 0.115. The van der Waals surface area contributed by atoms with Crippen molar-refractivity contribution in [2.75, 3.05) is 5.32 Å².